The van der Waals surface area contributed by atoms with Gasteiger partial charge < -0.3 is 5.11 Å². The number of nitrogens with zero attached hydrogens (tertiary/aromatic N) is 1. The van der Waals surface area contributed by atoms with Gasteiger partial charge in [-0.25, -0.2) is 18.1 Å². The molecular formula is C8H12N2O4S2. The van der Waals surface area contributed by atoms with E-state index in [2.05, 4.69) is 9.71 Å². The number of thiazole rings is 1. The highest BCUT2D eigenvalue weighted by Gasteiger charge is 2.22. The molecule has 1 aromatic rings. The van der Waals surface area contributed by atoms with E-state index in [4.69, 9.17) is 5.11 Å². The first-order valence-corrected chi connectivity index (χ1v) is 7.09. The van der Waals surface area contributed by atoms with Crippen molar-refractivity contribution in [3.63, 3.8) is 0 Å². The van der Waals surface area contributed by atoms with E-state index in [-0.39, 0.29) is 0 Å². The maximum Gasteiger partial charge on any atom is 0.320 e. The molecule has 16 heavy (non-hydrogen) atoms. The van der Waals surface area contributed by atoms with Crippen molar-refractivity contribution in [1.29, 1.82) is 0 Å². The van der Waals surface area contributed by atoms with Crippen LogP contribution >= 0.6 is 11.3 Å². The predicted octanol–water partition coefficient (Wildman–Crippen LogP) is 0.598. The standard InChI is InChI=1S/C8H12N2O4S2/c1-2-6(8-9-3-4-15-8)10-16(13,14)5-7(11)12/h3-4,6,10H,2,5H2,1H3,(H,11,12). The topological polar surface area (TPSA) is 96.4 Å². The van der Waals surface area contributed by atoms with E-state index in [1.807, 2.05) is 0 Å². The molecule has 8 heteroatoms. The van der Waals surface area contributed by atoms with Crippen LogP contribution in [-0.2, 0) is 14.8 Å². The number of carboxylic acid groups (broad SMARTS) is 1. The van der Waals surface area contributed by atoms with Crippen molar-refractivity contribution in [2.75, 3.05) is 5.75 Å². The first-order valence-electron chi connectivity index (χ1n) is 4.56. The summed E-state index contributed by atoms with van der Waals surface area (Å²) in [5.74, 6) is -2.30. The van der Waals surface area contributed by atoms with Crippen molar-refractivity contribution >= 4 is 27.3 Å². The second kappa shape index (κ2) is 5.37. The fourth-order valence-electron chi connectivity index (χ4n) is 1.14. The molecular weight excluding hydrogens is 252 g/mol. The molecule has 6 nitrogen and oxygen atoms in total. The van der Waals surface area contributed by atoms with Gasteiger partial charge in [-0.05, 0) is 6.42 Å². The smallest absolute Gasteiger partial charge is 0.320 e. The fraction of sp³-hybridized carbons (Fsp3) is 0.500. The first kappa shape index (κ1) is 13.1. The molecule has 1 heterocycles. The highest BCUT2D eigenvalue weighted by molar-refractivity contribution is 7.90. The number of aliphatic carboxylic acids is 1. The zero-order chi connectivity index (χ0) is 12.2. The highest BCUT2D eigenvalue weighted by atomic mass is 32.2. The van der Waals surface area contributed by atoms with Crippen LogP contribution in [0.1, 0.15) is 24.4 Å². The van der Waals surface area contributed by atoms with E-state index in [9.17, 15) is 13.2 Å². The summed E-state index contributed by atoms with van der Waals surface area (Å²) >= 11 is 1.33. The summed E-state index contributed by atoms with van der Waals surface area (Å²) in [5.41, 5.74) is 0. The molecule has 0 saturated carbocycles. The van der Waals surface area contributed by atoms with Gasteiger partial charge in [0.15, 0.2) is 5.75 Å². The monoisotopic (exact) mass is 264 g/mol. The van der Waals surface area contributed by atoms with Crippen LogP contribution in [-0.4, -0.2) is 30.2 Å². The van der Waals surface area contributed by atoms with Gasteiger partial charge in [0.2, 0.25) is 10.0 Å². The number of hydrogen-bond acceptors (Lipinski definition) is 5. The van der Waals surface area contributed by atoms with Crippen LogP contribution in [0.4, 0.5) is 0 Å². The Bertz CT molecular complexity index is 441. The van der Waals surface area contributed by atoms with Crippen molar-refractivity contribution in [2.45, 2.75) is 19.4 Å². The Balaban J connectivity index is 2.75. The number of carbonyl (C=O) groups is 1. The van der Waals surface area contributed by atoms with Gasteiger partial charge in [-0.1, -0.05) is 6.92 Å². The van der Waals surface area contributed by atoms with Gasteiger partial charge in [0.05, 0.1) is 6.04 Å². The molecule has 1 unspecified atom stereocenters. The van der Waals surface area contributed by atoms with E-state index in [0.717, 1.165) is 0 Å². The molecule has 0 amide bonds. The number of nitrogens with one attached hydrogen (secondary N) is 1. The van der Waals surface area contributed by atoms with Crippen LogP contribution in [0, 0.1) is 0 Å². The first-order chi connectivity index (χ1) is 7.44. The van der Waals surface area contributed by atoms with E-state index in [1.54, 1.807) is 18.5 Å². The van der Waals surface area contributed by atoms with Gasteiger partial charge in [0.1, 0.15) is 5.01 Å². The average Bonchev–Trinajstić information content (AvgIpc) is 2.64. The van der Waals surface area contributed by atoms with Gasteiger partial charge >= 0.3 is 5.97 Å². The normalized spacial score (nSPS) is 13.6. The molecule has 1 atom stereocenters. The van der Waals surface area contributed by atoms with Crippen molar-refractivity contribution in [1.82, 2.24) is 9.71 Å². The second-order valence-corrected chi connectivity index (χ2v) is 5.78. The number of aromatic nitrogens is 1. The van der Waals surface area contributed by atoms with Gasteiger partial charge in [-0.15, -0.1) is 11.3 Å². The minimum absolute atomic E-state index is 0.454. The van der Waals surface area contributed by atoms with Gasteiger partial charge in [0, 0.05) is 11.6 Å². The lowest BCUT2D eigenvalue weighted by atomic mass is 10.3. The van der Waals surface area contributed by atoms with E-state index < -0.39 is 27.8 Å². The van der Waals surface area contributed by atoms with E-state index in [0.29, 0.717) is 11.4 Å². The Labute approximate surface area is 97.4 Å². The summed E-state index contributed by atoms with van der Waals surface area (Å²) in [4.78, 5) is 14.3. The molecule has 1 aromatic heterocycles. The Hall–Kier alpha value is -0.990. The minimum Gasteiger partial charge on any atom is -0.480 e. The zero-order valence-corrected chi connectivity index (χ0v) is 10.2. The number of hydrogen-bond donors (Lipinski definition) is 2. The predicted molar refractivity (Wildman–Crippen MR) is 59.7 cm³/mol. The SMILES string of the molecule is CCC(NS(=O)(=O)CC(=O)O)c1nccs1. The Morgan fingerprint density at radius 3 is 2.81 bits per heavy atom. The number of rotatable bonds is 6. The summed E-state index contributed by atoms with van der Waals surface area (Å²) in [6.07, 6.45) is 2.10. The van der Waals surface area contributed by atoms with Crippen molar-refractivity contribution in [3.05, 3.63) is 16.6 Å². The molecule has 0 aliphatic heterocycles. The van der Waals surface area contributed by atoms with E-state index >= 15 is 0 Å². The lowest BCUT2D eigenvalue weighted by Crippen LogP contribution is -2.33. The van der Waals surface area contributed by atoms with Crippen LogP contribution in [0.3, 0.4) is 0 Å². The Kier molecular flexibility index (Phi) is 4.39. The van der Waals surface area contributed by atoms with Gasteiger partial charge in [-0.2, -0.15) is 0 Å². The van der Waals surface area contributed by atoms with E-state index in [1.165, 1.54) is 11.3 Å². The van der Waals surface area contributed by atoms with Crippen molar-refractivity contribution in [2.24, 2.45) is 0 Å². The van der Waals surface area contributed by atoms with Crippen LogP contribution < -0.4 is 4.72 Å². The number of sulfonamides is 1. The molecule has 0 saturated heterocycles. The van der Waals surface area contributed by atoms with Crippen LogP contribution in [0.5, 0.6) is 0 Å². The molecule has 0 bridgehead atoms. The second-order valence-electron chi connectivity index (χ2n) is 3.10. The zero-order valence-electron chi connectivity index (χ0n) is 8.58. The lowest BCUT2D eigenvalue weighted by molar-refractivity contribution is -0.134. The molecule has 0 aromatic carbocycles. The Morgan fingerprint density at radius 2 is 2.38 bits per heavy atom. The molecule has 1 rings (SSSR count). The third kappa shape index (κ3) is 3.87. The van der Waals surface area contributed by atoms with Gasteiger partial charge in [-0.3, -0.25) is 4.79 Å². The van der Waals surface area contributed by atoms with Crippen LogP contribution in [0.2, 0.25) is 0 Å². The molecule has 0 radical (unpaired) electrons. The quantitative estimate of drug-likeness (QED) is 0.784. The highest BCUT2D eigenvalue weighted by Crippen LogP contribution is 2.19. The third-order valence-corrected chi connectivity index (χ3v) is 3.95. The summed E-state index contributed by atoms with van der Waals surface area (Å²) < 4.78 is 25.1. The lowest BCUT2D eigenvalue weighted by Gasteiger charge is -2.13. The summed E-state index contributed by atoms with van der Waals surface area (Å²) in [6.45, 7) is 1.80. The maximum absolute atomic E-state index is 11.4. The van der Waals surface area contributed by atoms with Crippen molar-refractivity contribution in [3.8, 4) is 0 Å². The number of carboxylic acids is 1. The summed E-state index contributed by atoms with van der Waals surface area (Å²) in [6, 6.07) is -0.454. The van der Waals surface area contributed by atoms with Gasteiger partial charge in [0.25, 0.3) is 0 Å². The van der Waals surface area contributed by atoms with Crippen LogP contribution in [0.25, 0.3) is 0 Å². The molecule has 0 aliphatic carbocycles. The summed E-state index contributed by atoms with van der Waals surface area (Å²) in [5, 5.41) is 10.8. The molecule has 0 spiro atoms. The molecule has 0 fully saturated rings. The third-order valence-electron chi connectivity index (χ3n) is 1.79. The maximum atomic E-state index is 11.4. The molecule has 0 aliphatic rings. The molecule has 90 valence electrons. The Morgan fingerprint density at radius 1 is 1.69 bits per heavy atom. The van der Waals surface area contributed by atoms with Crippen molar-refractivity contribution < 1.29 is 18.3 Å². The largest absolute Gasteiger partial charge is 0.480 e. The summed E-state index contributed by atoms with van der Waals surface area (Å²) in [7, 11) is -3.80. The molecule has 2 N–H and O–H groups in total. The van der Waals surface area contributed by atoms with Crippen LogP contribution in [0.15, 0.2) is 11.6 Å². The fourth-order valence-corrected chi connectivity index (χ4v) is 3.10. The minimum atomic E-state index is -3.80. The average molecular weight is 264 g/mol.